The van der Waals surface area contributed by atoms with Crippen molar-refractivity contribution in [2.75, 3.05) is 19.8 Å². The van der Waals surface area contributed by atoms with Crippen LogP contribution >= 0.6 is 0 Å². The van der Waals surface area contributed by atoms with Gasteiger partial charge in [-0.25, -0.2) is 15.0 Å². The van der Waals surface area contributed by atoms with Gasteiger partial charge in [0.1, 0.15) is 37.9 Å². The monoisotopic (exact) mass is 475 g/mol. The third-order valence-corrected chi connectivity index (χ3v) is 6.68. The van der Waals surface area contributed by atoms with E-state index in [1.807, 2.05) is 91.0 Å². The van der Waals surface area contributed by atoms with Gasteiger partial charge < -0.3 is 14.2 Å². The van der Waals surface area contributed by atoms with Crippen LogP contribution in [0.1, 0.15) is 34.8 Å². The zero-order chi connectivity index (χ0) is 24.4. The molecule has 3 aromatic rings. The lowest BCUT2D eigenvalue weighted by molar-refractivity contribution is 0.263. The molecule has 0 fully saturated rings. The van der Waals surface area contributed by atoms with Gasteiger partial charge in [0, 0.05) is 0 Å². The first-order chi connectivity index (χ1) is 17.8. The van der Waals surface area contributed by atoms with Crippen molar-refractivity contribution in [2.24, 2.45) is 20.4 Å². The van der Waals surface area contributed by atoms with Crippen molar-refractivity contribution in [3.05, 3.63) is 108 Å². The molecule has 36 heavy (non-hydrogen) atoms. The number of benzene rings is 3. The molecule has 3 aromatic carbocycles. The second kappa shape index (κ2) is 9.35. The highest BCUT2D eigenvalue weighted by molar-refractivity contribution is 6.26. The Kier molecular flexibility index (Phi) is 5.74. The largest absolute Gasteiger partial charge is 0.476 e. The number of rotatable bonds is 6. The highest BCUT2D eigenvalue weighted by Gasteiger charge is 2.55. The summed E-state index contributed by atoms with van der Waals surface area (Å²) in [6, 6.07) is 29.5. The molecule has 0 bridgehead atoms. The molecule has 3 heterocycles. The standard InChI is InChI=1S/C30H25N3O3/c1-2-30(27-31-24(18-34-27)21-12-6-3-7-13-21,28-32-25(19-35-28)22-14-8-4-9-15-22)29-33-26(20-36-29)23-16-10-5-11-17-23/h1,3-17,24-26H,18-20H2/t24-,25-,26-/m1/s1. The Labute approximate surface area is 210 Å². The maximum Gasteiger partial charge on any atom is 0.255 e. The van der Waals surface area contributed by atoms with Crippen LogP contribution in [0.4, 0.5) is 0 Å². The Morgan fingerprint density at radius 1 is 0.556 bits per heavy atom. The molecule has 3 aliphatic heterocycles. The molecule has 0 spiro atoms. The molecule has 178 valence electrons. The van der Waals surface area contributed by atoms with E-state index in [0.717, 1.165) is 16.7 Å². The molecular weight excluding hydrogens is 450 g/mol. The Hall–Kier alpha value is -4.37. The lowest BCUT2D eigenvalue weighted by Gasteiger charge is -2.25. The van der Waals surface area contributed by atoms with Crippen LogP contribution in [0.5, 0.6) is 0 Å². The highest BCUT2D eigenvalue weighted by atomic mass is 16.5. The Morgan fingerprint density at radius 3 is 1.14 bits per heavy atom. The van der Waals surface area contributed by atoms with Crippen molar-refractivity contribution in [3.8, 4) is 12.3 Å². The van der Waals surface area contributed by atoms with Crippen molar-refractivity contribution in [2.45, 2.75) is 18.1 Å². The third kappa shape index (κ3) is 3.83. The number of nitrogens with zero attached hydrogens (tertiary/aromatic N) is 3. The van der Waals surface area contributed by atoms with E-state index in [9.17, 15) is 0 Å². The van der Waals surface area contributed by atoms with Gasteiger partial charge in [0.15, 0.2) is 0 Å². The first kappa shape index (κ1) is 22.1. The van der Waals surface area contributed by atoms with E-state index in [1.165, 1.54) is 0 Å². The van der Waals surface area contributed by atoms with Crippen LogP contribution in [0.15, 0.2) is 106 Å². The molecule has 0 unspecified atom stereocenters. The number of ether oxygens (including phenoxy) is 3. The predicted octanol–water partition coefficient (Wildman–Crippen LogP) is 5.12. The highest BCUT2D eigenvalue weighted by Crippen LogP contribution is 2.40. The summed E-state index contributed by atoms with van der Waals surface area (Å²) in [6.45, 7) is 1.11. The second-order valence-electron chi connectivity index (χ2n) is 8.91. The summed E-state index contributed by atoms with van der Waals surface area (Å²) in [7, 11) is 0. The van der Waals surface area contributed by atoms with E-state index in [4.69, 9.17) is 35.6 Å². The van der Waals surface area contributed by atoms with Crippen molar-refractivity contribution in [3.63, 3.8) is 0 Å². The van der Waals surface area contributed by atoms with Crippen LogP contribution in [0, 0.1) is 17.8 Å². The molecule has 0 N–H and O–H groups in total. The van der Waals surface area contributed by atoms with Crippen LogP contribution < -0.4 is 0 Å². The van der Waals surface area contributed by atoms with E-state index in [0.29, 0.717) is 37.5 Å². The average Bonchev–Trinajstić information content (AvgIpc) is 3.73. The van der Waals surface area contributed by atoms with Crippen LogP contribution in [-0.2, 0) is 14.2 Å². The van der Waals surface area contributed by atoms with Gasteiger partial charge in [-0.3, -0.25) is 0 Å². The normalized spacial score (nSPS) is 23.0. The third-order valence-electron chi connectivity index (χ3n) is 6.68. The van der Waals surface area contributed by atoms with Gasteiger partial charge in [0.05, 0.1) is 0 Å². The number of terminal acetylenes is 1. The Bertz CT molecular complexity index is 1200. The zero-order valence-electron chi connectivity index (χ0n) is 19.7. The van der Waals surface area contributed by atoms with Crippen molar-refractivity contribution < 1.29 is 14.2 Å². The molecule has 3 aliphatic rings. The second-order valence-corrected chi connectivity index (χ2v) is 8.91. The summed E-state index contributed by atoms with van der Waals surface area (Å²) >= 11 is 0. The topological polar surface area (TPSA) is 64.8 Å². The van der Waals surface area contributed by atoms with Gasteiger partial charge >= 0.3 is 0 Å². The van der Waals surface area contributed by atoms with E-state index in [1.54, 1.807) is 0 Å². The minimum Gasteiger partial charge on any atom is -0.476 e. The molecule has 0 amide bonds. The van der Waals surface area contributed by atoms with Gasteiger partial charge in [-0.05, 0) is 16.7 Å². The Balaban J connectivity index is 1.43. The summed E-state index contributed by atoms with van der Waals surface area (Å²) in [5.41, 5.74) is 1.76. The SMILES string of the molecule is C#CC(C1=N[C@@H](c2ccccc2)CO1)(C1=N[C@@H](c2ccccc2)CO1)C1=N[C@@H](c2ccccc2)CO1. The van der Waals surface area contributed by atoms with Gasteiger partial charge in [0.25, 0.3) is 5.41 Å². The zero-order valence-corrected chi connectivity index (χ0v) is 19.7. The van der Waals surface area contributed by atoms with Crippen molar-refractivity contribution in [1.29, 1.82) is 0 Å². The minimum absolute atomic E-state index is 0.187. The summed E-state index contributed by atoms with van der Waals surface area (Å²) in [5, 5.41) is 0. The molecule has 0 saturated heterocycles. The van der Waals surface area contributed by atoms with E-state index >= 15 is 0 Å². The first-order valence-corrected chi connectivity index (χ1v) is 12.0. The summed E-state index contributed by atoms with van der Waals surface area (Å²) in [4.78, 5) is 14.7. The Morgan fingerprint density at radius 2 is 0.861 bits per heavy atom. The molecule has 0 aromatic heterocycles. The summed E-state index contributed by atoms with van der Waals surface area (Å²) in [6.07, 6.45) is 6.27. The number of hydrogen-bond donors (Lipinski definition) is 0. The summed E-state index contributed by atoms with van der Waals surface area (Å²) < 4.78 is 18.5. The van der Waals surface area contributed by atoms with Gasteiger partial charge in [0.2, 0.25) is 17.7 Å². The molecular formula is C30H25N3O3. The maximum absolute atomic E-state index is 6.27. The average molecular weight is 476 g/mol. The molecule has 0 radical (unpaired) electrons. The molecule has 0 saturated carbocycles. The fourth-order valence-electron chi connectivity index (χ4n) is 4.73. The van der Waals surface area contributed by atoms with Crippen LogP contribution in [0.3, 0.4) is 0 Å². The van der Waals surface area contributed by atoms with Crippen molar-refractivity contribution >= 4 is 17.7 Å². The lowest BCUT2D eigenvalue weighted by Crippen LogP contribution is -2.46. The van der Waals surface area contributed by atoms with Crippen LogP contribution in [-0.4, -0.2) is 37.5 Å². The van der Waals surface area contributed by atoms with Crippen molar-refractivity contribution in [1.82, 2.24) is 0 Å². The number of aliphatic imine (C=N–C) groups is 3. The molecule has 6 rings (SSSR count). The predicted molar refractivity (Wildman–Crippen MR) is 139 cm³/mol. The van der Waals surface area contributed by atoms with E-state index in [2.05, 4.69) is 5.92 Å². The molecule has 6 heteroatoms. The van der Waals surface area contributed by atoms with Gasteiger partial charge in [-0.15, -0.1) is 6.42 Å². The van der Waals surface area contributed by atoms with Gasteiger partial charge in [-0.1, -0.05) is 96.9 Å². The smallest absolute Gasteiger partial charge is 0.255 e. The maximum atomic E-state index is 6.27. The first-order valence-electron chi connectivity index (χ1n) is 12.0. The number of hydrogen-bond acceptors (Lipinski definition) is 6. The quantitative estimate of drug-likeness (QED) is 0.465. The lowest BCUT2D eigenvalue weighted by atomic mass is 9.87. The van der Waals surface area contributed by atoms with Gasteiger partial charge in [-0.2, -0.15) is 0 Å². The molecule has 3 atom stereocenters. The van der Waals surface area contributed by atoms with E-state index in [-0.39, 0.29) is 18.1 Å². The fraction of sp³-hybridized carbons (Fsp3) is 0.233. The van der Waals surface area contributed by atoms with E-state index < -0.39 is 5.41 Å². The fourth-order valence-corrected chi connectivity index (χ4v) is 4.73. The van der Waals surface area contributed by atoms with Crippen LogP contribution in [0.25, 0.3) is 0 Å². The minimum atomic E-state index is -1.38. The molecule has 0 aliphatic carbocycles. The van der Waals surface area contributed by atoms with Crippen LogP contribution in [0.2, 0.25) is 0 Å². The molecule has 6 nitrogen and oxygen atoms in total. The summed E-state index contributed by atoms with van der Waals surface area (Å²) in [5.74, 6) is 3.89.